The number of sulfone groups is 1. The first-order chi connectivity index (χ1) is 15.7. The van der Waals surface area contributed by atoms with E-state index in [1.165, 1.54) is 17.3 Å². The maximum Gasteiger partial charge on any atom is 0.208 e. The molecular weight excluding hydrogens is 428 g/mol. The minimum Gasteiger partial charge on any atom is -0.309 e. The normalized spacial score (nSPS) is 14.5. The van der Waals surface area contributed by atoms with Crippen molar-refractivity contribution in [2.45, 2.75) is 42.9 Å². The summed E-state index contributed by atoms with van der Waals surface area (Å²) < 4.78 is 26.5. The van der Waals surface area contributed by atoms with Crippen molar-refractivity contribution in [3.8, 4) is 0 Å². The van der Waals surface area contributed by atoms with Gasteiger partial charge in [0, 0.05) is 17.8 Å². The van der Waals surface area contributed by atoms with E-state index in [9.17, 15) is 8.42 Å². The second-order valence-corrected chi connectivity index (χ2v) is 11.0. The maximum atomic E-state index is 13.3. The Balaban J connectivity index is 1.73. The van der Waals surface area contributed by atoms with Crippen molar-refractivity contribution in [2.75, 3.05) is 4.90 Å². The predicted octanol–water partition coefficient (Wildman–Crippen LogP) is 6.64. The highest BCUT2D eigenvalue weighted by Gasteiger charge is 2.37. The summed E-state index contributed by atoms with van der Waals surface area (Å²) in [5.74, 6) is 0. The van der Waals surface area contributed by atoms with Crippen LogP contribution in [0.4, 0.5) is 17.1 Å². The van der Waals surface area contributed by atoms with Gasteiger partial charge in [0.05, 0.1) is 26.9 Å². The van der Waals surface area contributed by atoms with Crippen LogP contribution in [0.5, 0.6) is 0 Å². The van der Waals surface area contributed by atoms with Crippen molar-refractivity contribution < 1.29 is 8.42 Å². The van der Waals surface area contributed by atoms with Gasteiger partial charge in [-0.2, -0.15) is 0 Å². The van der Waals surface area contributed by atoms with E-state index in [2.05, 4.69) is 72.3 Å². The van der Waals surface area contributed by atoms with E-state index in [0.29, 0.717) is 0 Å². The molecule has 0 spiro atoms. The highest BCUT2D eigenvalue weighted by atomic mass is 32.2. The first-order valence-corrected chi connectivity index (χ1v) is 12.5. The molecule has 0 N–H and O–H groups in total. The van der Waals surface area contributed by atoms with Crippen LogP contribution >= 0.6 is 0 Å². The van der Waals surface area contributed by atoms with Gasteiger partial charge in [0.2, 0.25) is 9.84 Å². The van der Waals surface area contributed by atoms with Crippen LogP contribution in [0.15, 0.2) is 95.0 Å². The first-order valence-electron chi connectivity index (χ1n) is 11.0. The molecule has 3 aromatic carbocycles. The standard InChI is InChI=1S/C28H26N2O2S/c1-19-16-22(33(31,32)21-10-9-15-29-18-21)17-20(2)27(19)30-25-13-7-5-11-23(25)28(3,4)24-12-6-8-14-26(24)30/h5-18H,1-4H3. The topological polar surface area (TPSA) is 50.3 Å². The number of aromatic nitrogens is 1. The molecule has 0 fully saturated rings. The Labute approximate surface area is 195 Å². The summed E-state index contributed by atoms with van der Waals surface area (Å²) in [6, 6.07) is 23.7. The lowest BCUT2D eigenvalue weighted by molar-refractivity contribution is 0.595. The van der Waals surface area contributed by atoms with Crippen molar-refractivity contribution in [2.24, 2.45) is 0 Å². The highest BCUT2D eigenvalue weighted by Crippen LogP contribution is 2.52. The molecule has 5 heteroatoms. The molecular formula is C28H26N2O2S. The van der Waals surface area contributed by atoms with Gasteiger partial charge in [0.1, 0.15) is 0 Å². The molecule has 1 aliphatic rings. The Morgan fingerprint density at radius 2 is 1.30 bits per heavy atom. The van der Waals surface area contributed by atoms with Crippen molar-refractivity contribution in [3.63, 3.8) is 0 Å². The van der Waals surface area contributed by atoms with Crippen LogP contribution in [-0.2, 0) is 15.3 Å². The van der Waals surface area contributed by atoms with E-state index in [0.717, 1.165) is 28.2 Å². The van der Waals surface area contributed by atoms with E-state index in [1.807, 2.05) is 13.8 Å². The first kappa shape index (κ1) is 21.4. The molecule has 5 rings (SSSR count). The Morgan fingerprint density at radius 3 is 1.82 bits per heavy atom. The number of pyridine rings is 1. The lowest BCUT2D eigenvalue weighted by atomic mass is 9.73. The molecule has 0 radical (unpaired) electrons. The van der Waals surface area contributed by atoms with Crippen LogP contribution in [0, 0.1) is 13.8 Å². The van der Waals surface area contributed by atoms with E-state index >= 15 is 0 Å². The average Bonchev–Trinajstić information content (AvgIpc) is 2.81. The quantitative estimate of drug-likeness (QED) is 0.348. The number of anilines is 3. The fourth-order valence-corrected chi connectivity index (χ4v) is 6.37. The smallest absolute Gasteiger partial charge is 0.208 e. The summed E-state index contributed by atoms with van der Waals surface area (Å²) >= 11 is 0. The molecule has 4 nitrogen and oxygen atoms in total. The van der Waals surface area contributed by atoms with Gasteiger partial charge in [-0.05, 0) is 72.5 Å². The third-order valence-corrected chi connectivity index (χ3v) is 8.30. The molecule has 4 aromatic rings. The van der Waals surface area contributed by atoms with Crippen molar-refractivity contribution in [3.05, 3.63) is 107 Å². The molecule has 0 bridgehead atoms. The molecule has 0 saturated heterocycles. The van der Waals surface area contributed by atoms with Gasteiger partial charge < -0.3 is 4.90 Å². The van der Waals surface area contributed by atoms with Crippen molar-refractivity contribution in [1.82, 2.24) is 4.98 Å². The van der Waals surface area contributed by atoms with E-state index in [4.69, 9.17) is 0 Å². The SMILES string of the molecule is Cc1cc(S(=O)(=O)c2cccnc2)cc(C)c1N1c2ccccc2C(C)(C)c2ccccc21. The zero-order chi connectivity index (χ0) is 23.4. The van der Waals surface area contributed by atoms with Gasteiger partial charge in [-0.25, -0.2) is 8.42 Å². The summed E-state index contributed by atoms with van der Waals surface area (Å²) in [5.41, 5.74) is 7.41. The van der Waals surface area contributed by atoms with Crippen LogP contribution in [0.2, 0.25) is 0 Å². The van der Waals surface area contributed by atoms with E-state index in [1.54, 1.807) is 30.5 Å². The third kappa shape index (κ3) is 3.26. The molecule has 0 amide bonds. The molecule has 166 valence electrons. The number of rotatable bonds is 3. The summed E-state index contributed by atoms with van der Waals surface area (Å²) in [7, 11) is -3.65. The maximum absolute atomic E-state index is 13.3. The van der Waals surface area contributed by atoms with Crippen LogP contribution in [0.1, 0.15) is 36.1 Å². The number of aryl methyl sites for hydroxylation is 2. The fraction of sp³-hybridized carbons (Fsp3) is 0.179. The Morgan fingerprint density at radius 1 is 0.758 bits per heavy atom. The second kappa shape index (κ2) is 7.56. The number of nitrogens with zero attached hydrogens (tertiary/aromatic N) is 2. The number of hydrogen-bond donors (Lipinski definition) is 0. The molecule has 0 aliphatic carbocycles. The van der Waals surface area contributed by atoms with Crippen LogP contribution in [0.3, 0.4) is 0 Å². The predicted molar refractivity (Wildman–Crippen MR) is 132 cm³/mol. The van der Waals surface area contributed by atoms with E-state index < -0.39 is 9.84 Å². The van der Waals surface area contributed by atoms with Crippen LogP contribution in [0.25, 0.3) is 0 Å². The molecule has 0 saturated carbocycles. The number of benzene rings is 3. The van der Waals surface area contributed by atoms with Gasteiger partial charge in [-0.1, -0.05) is 50.2 Å². The number of fused-ring (bicyclic) bond motifs is 2. The van der Waals surface area contributed by atoms with Gasteiger partial charge in [0.25, 0.3) is 0 Å². The molecule has 0 unspecified atom stereocenters. The zero-order valence-corrected chi connectivity index (χ0v) is 20.0. The van der Waals surface area contributed by atoms with Gasteiger partial charge >= 0.3 is 0 Å². The Kier molecular flexibility index (Phi) is 4.91. The molecule has 1 aliphatic heterocycles. The fourth-order valence-electron chi connectivity index (χ4n) is 4.98. The Bertz CT molecular complexity index is 1400. The van der Waals surface area contributed by atoms with Gasteiger partial charge in [-0.15, -0.1) is 0 Å². The zero-order valence-electron chi connectivity index (χ0n) is 19.2. The van der Waals surface area contributed by atoms with Crippen molar-refractivity contribution in [1.29, 1.82) is 0 Å². The largest absolute Gasteiger partial charge is 0.309 e. The van der Waals surface area contributed by atoms with E-state index in [-0.39, 0.29) is 15.2 Å². The summed E-state index contributed by atoms with van der Waals surface area (Å²) in [5, 5.41) is 0. The number of hydrogen-bond acceptors (Lipinski definition) is 4. The summed E-state index contributed by atoms with van der Waals surface area (Å²) in [4.78, 5) is 6.75. The summed E-state index contributed by atoms with van der Waals surface area (Å²) in [6.45, 7) is 8.47. The number of para-hydroxylation sites is 2. The summed E-state index contributed by atoms with van der Waals surface area (Å²) in [6.07, 6.45) is 2.97. The minimum absolute atomic E-state index is 0.144. The van der Waals surface area contributed by atoms with Gasteiger partial charge in [-0.3, -0.25) is 4.98 Å². The Hall–Kier alpha value is -3.44. The molecule has 1 aromatic heterocycles. The lowest BCUT2D eigenvalue weighted by Gasteiger charge is -2.43. The van der Waals surface area contributed by atoms with Crippen LogP contribution in [-0.4, -0.2) is 13.4 Å². The second-order valence-electron chi connectivity index (χ2n) is 9.09. The monoisotopic (exact) mass is 454 g/mol. The average molecular weight is 455 g/mol. The lowest BCUT2D eigenvalue weighted by Crippen LogP contribution is -2.31. The third-order valence-electron chi connectivity index (χ3n) is 6.58. The minimum atomic E-state index is -3.65. The molecule has 33 heavy (non-hydrogen) atoms. The van der Waals surface area contributed by atoms with Crippen molar-refractivity contribution >= 4 is 26.9 Å². The van der Waals surface area contributed by atoms with Gasteiger partial charge in [0.15, 0.2) is 0 Å². The molecule has 2 heterocycles. The van der Waals surface area contributed by atoms with Crippen LogP contribution < -0.4 is 4.90 Å². The highest BCUT2D eigenvalue weighted by molar-refractivity contribution is 7.91. The molecule has 0 atom stereocenters.